The molecule has 1 saturated heterocycles. The number of sulfonamides is 1. The maximum Gasteiger partial charge on any atom is 0.238 e. The van der Waals surface area contributed by atoms with E-state index in [0.717, 1.165) is 11.8 Å². The number of hydrogen-bond acceptors (Lipinski definition) is 3. The fraction of sp³-hybridized carbons (Fsp3) is 0.235. The number of amides is 1. The van der Waals surface area contributed by atoms with Crippen LogP contribution in [-0.4, -0.2) is 20.9 Å². The van der Waals surface area contributed by atoms with Crippen LogP contribution in [0.1, 0.15) is 12.0 Å². The molecule has 0 spiro atoms. The summed E-state index contributed by atoms with van der Waals surface area (Å²) in [5.41, 5.74) is 1.21. The summed E-state index contributed by atoms with van der Waals surface area (Å²) in [6, 6.07) is 13.0. The summed E-state index contributed by atoms with van der Waals surface area (Å²) in [7, 11) is -3.93. The van der Waals surface area contributed by atoms with Gasteiger partial charge in [0.15, 0.2) is 0 Å². The normalized spacial score (nSPS) is 18.2. The zero-order valence-electron chi connectivity index (χ0n) is 12.9. The van der Waals surface area contributed by atoms with Gasteiger partial charge in [-0.2, -0.15) is 0 Å². The number of nitrogens with two attached hydrogens (primary N) is 1. The van der Waals surface area contributed by atoms with Crippen LogP contribution in [0.4, 0.5) is 10.1 Å². The number of para-hydroxylation sites is 1. The van der Waals surface area contributed by atoms with E-state index in [1.165, 1.54) is 12.1 Å². The predicted octanol–water partition coefficient (Wildman–Crippen LogP) is 2.07. The molecular weight excluding hydrogens is 331 g/mol. The van der Waals surface area contributed by atoms with Crippen LogP contribution in [-0.2, 0) is 21.2 Å². The number of anilines is 1. The lowest BCUT2D eigenvalue weighted by Gasteiger charge is -2.16. The maximum absolute atomic E-state index is 14.1. The third-order valence-corrected chi connectivity index (χ3v) is 5.05. The molecule has 2 aromatic rings. The molecule has 1 aliphatic heterocycles. The minimum absolute atomic E-state index is 0.00719. The van der Waals surface area contributed by atoms with Crippen molar-refractivity contribution in [1.29, 1.82) is 0 Å². The van der Waals surface area contributed by atoms with Gasteiger partial charge in [0, 0.05) is 18.7 Å². The Labute approximate surface area is 139 Å². The Morgan fingerprint density at radius 2 is 1.88 bits per heavy atom. The number of benzene rings is 2. The molecule has 1 fully saturated rings. The molecule has 0 aliphatic carbocycles. The molecule has 1 aliphatic rings. The van der Waals surface area contributed by atoms with E-state index in [9.17, 15) is 17.6 Å². The Morgan fingerprint density at radius 1 is 1.17 bits per heavy atom. The quantitative estimate of drug-likeness (QED) is 0.918. The Morgan fingerprint density at radius 3 is 2.50 bits per heavy atom. The van der Waals surface area contributed by atoms with Gasteiger partial charge in [0.1, 0.15) is 5.82 Å². The molecule has 1 unspecified atom stereocenters. The second-order valence-electron chi connectivity index (χ2n) is 5.91. The van der Waals surface area contributed by atoms with Gasteiger partial charge >= 0.3 is 0 Å². The summed E-state index contributed by atoms with van der Waals surface area (Å²) in [4.78, 5) is 13.6. The SMILES string of the molecule is NS(=O)(=O)c1ccc(CC2CC(=O)N(c3ccccc3)C2)c(F)c1. The highest BCUT2D eigenvalue weighted by molar-refractivity contribution is 7.89. The third-order valence-electron chi connectivity index (χ3n) is 4.13. The van der Waals surface area contributed by atoms with Gasteiger partial charge in [0.25, 0.3) is 0 Å². The summed E-state index contributed by atoms with van der Waals surface area (Å²) in [5, 5.41) is 4.99. The zero-order chi connectivity index (χ0) is 17.3. The van der Waals surface area contributed by atoms with Crippen LogP contribution in [0.15, 0.2) is 53.4 Å². The molecule has 1 heterocycles. The first-order valence-corrected chi connectivity index (χ1v) is 9.06. The number of primary sulfonamides is 1. The minimum Gasteiger partial charge on any atom is -0.312 e. The van der Waals surface area contributed by atoms with E-state index in [4.69, 9.17) is 5.14 Å². The van der Waals surface area contributed by atoms with Crippen molar-refractivity contribution < 1.29 is 17.6 Å². The van der Waals surface area contributed by atoms with Gasteiger partial charge in [-0.15, -0.1) is 0 Å². The third kappa shape index (κ3) is 3.47. The van der Waals surface area contributed by atoms with E-state index >= 15 is 0 Å². The number of rotatable bonds is 4. The van der Waals surface area contributed by atoms with Gasteiger partial charge in [-0.3, -0.25) is 4.79 Å². The summed E-state index contributed by atoms with van der Waals surface area (Å²) in [5.74, 6) is -0.632. The van der Waals surface area contributed by atoms with Crippen LogP contribution in [0.25, 0.3) is 0 Å². The van der Waals surface area contributed by atoms with E-state index in [0.29, 0.717) is 24.9 Å². The van der Waals surface area contributed by atoms with Crippen molar-refractivity contribution in [2.45, 2.75) is 17.7 Å². The van der Waals surface area contributed by atoms with Crippen LogP contribution in [0, 0.1) is 11.7 Å². The lowest BCUT2D eigenvalue weighted by atomic mass is 9.98. The molecule has 7 heteroatoms. The van der Waals surface area contributed by atoms with Gasteiger partial charge < -0.3 is 4.90 Å². The van der Waals surface area contributed by atoms with Crippen LogP contribution in [0.5, 0.6) is 0 Å². The predicted molar refractivity (Wildman–Crippen MR) is 88.4 cm³/mol. The molecular formula is C17H17FN2O3S. The van der Waals surface area contributed by atoms with Gasteiger partial charge in [-0.25, -0.2) is 17.9 Å². The molecule has 0 aromatic heterocycles. The number of nitrogens with zero attached hydrogens (tertiary/aromatic N) is 1. The summed E-state index contributed by atoms with van der Waals surface area (Å²) >= 11 is 0. The molecule has 0 radical (unpaired) electrons. The van der Waals surface area contributed by atoms with Crippen molar-refractivity contribution in [2.24, 2.45) is 11.1 Å². The van der Waals surface area contributed by atoms with Crippen molar-refractivity contribution in [2.75, 3.05) is 11.4 Å². The lowest BCUT2D eigenvalue weighted by molar-refractivity contribution is -0.117. The Hall–Kier alpha value is -2.25. The lowest BCUT2D eigenvalue weighted by Crippen LogP contribution is -2.24. The summed E-state index contributed by atoms with van der Waals surface area (Å²) in [6.45, 7) is 0.513. The van der Waals surface area contributed by atoms with Crippen LogP contribution in [0.2, 0.25) is 0 Å². The van der Waals surface area contributed by atoms with Crippen molar-refractivity contribution in [3.8, 4) is 0 Å². The molecule has 3 rings (SSSR count). The fourth-order valence-electron chi connectivity index (χ4n) is 2.96. The van der Waals surface area contributed by atoms with E-state index in [1.54, 1.807) is 4.90 Å². The molecule has 0 saturated carbocycles. The molecule has 2 aromatic carbocycles. The fourth-order valence-corrected chi connectivity index (χ4v) is 3.48. The largest absolute Gasteiger partial charge is 0.312 e. The number of carbonyl (C=O) groups excluding carboxylic acids is 1. The van der Waals surface area contributed by atoms with Gasteiger partial charge in [-0.1, -0.05) is 24.3 Å². The van der Waals surface area contributed by atoms with Gasteiger partial charge in [0.05, 0.1) is 4.90 Å². The van der Waals surface area contributed by atoms with Crippen molar-refractivity contribution in [1.82, 2.24) is 0 Å². The molecule has 0 bridgehead atoms. The highest BCUT2D eigenvalue weighted by Gasteiger charge is 2.31. The number of hydrogen-bond donors (Lipinski definition) is 1. The van der Waals surface area contributed by atoms with E-state index in [2.05, 4.69) is 0 Å². The number of carbonyl (C=O) groups is 1. The van der Waals surface area contributed by atoms with Crippen molar-refractivity contribution in [3.05, 3.63) is 59.9 Å². The van der Waals surface area contributed by atoms with Gasteiger partial charge in [-0.05, 0) is 42.2 Å². The first-order chi connectivity index (χ1) is 11.3. The van der Waals surface area contributed by atoms with Crippen LogP contribution < -0.4 is 10.0 Å². The molecule has 1 amide bonds. The first kappa shape index (κ1) is 16.6. The topological polar surface area (TPSA) is 80.5 Å². The highest BCUT2D eigenvalue weighted by Crippen LogP contribution is 2.28. The first-order valence-electron chi connectivity index (χ1n) is 7.51. The minimum atomic E-state index is -3.93. The van der Waals surface area contributed by atoms with Crippen molar-refractivity contribution >= 4 is 21.6 Å². The monoisotopic (exact) mass is 348 g/mol. The Kier molecular flexibility index (Phi) is 4.38. The molecule has 1 atom stereocenters. The van der Waals surface area contributed by atoms with E-state index in [-0.39, 0.29) is 16.7 Å². The second kappa shape index (κ2) is 6.33. The average molecular weight is 348 g/mol. The summed E-state index contributed by atoms with van der Waals surface area (Å²) in [6.07, 6.45) is 0.705. The smallest absolute Gasteiger partial charge is 0.238 e. The molecule has 126 valence electrons. The van der Waals surface area contributed by atoms with E-state index < -0.39 is 15.8 Å². The zero-order valence-corrected chi connectivity index (χ0v) is 13.7. The Bertz CT molecular complexity index is 869. The van der Waals surface area contributed by atoms with Crippen LogP contribution in [0.3, 0.4) is 0 Å². The molecule has 24 heavy (non-hydrogen) atoms. The number of halogens is 1. The van der Waals surface area contributed by atoms with Crippen LogP contribution >= 0.6 is 0 Å². The molecule has 5 nitrogen and oxygen atoms in total. The molecule has 2 N–H and O–H groups in total. The Balaban J connectivity index is 1.75. The maximum atomic E-state index is 14.1. The highest BCUT2D eigenvalue weighted by atomic mass is 32.2. The van der Waals surface area contributed by atoms with Gasteiger partial charge in [0.2, 0.25) is 15.9 Å². The van der Waals surface area contributed by atoms with Crippen molar-refractivity contribution in [3.63, 3.8) is 0 Å². The standard InChI is InChI=1S/C17H17FN2O3S/c18-16-10-15(24(19,22)23)7-6-13(16)8-12-9-17(21)20(11-12)14-4-2-1-3-5-14/h1-7,10,12H,8-9,11H2,(H2,19,22,23). The van der Waals surface area contributed by atoms with E-state index in [1.807, 2.05) is 30.3 Å². The summed E-state index contributed by atoms with van der Waals surface area (Å²) < 4.78 is 36.6. The second-order valence-corrected chi connectivity index (χ2v) is 7.47. The average Bonchev–Trinajstić information content (AvgIpc) is 2.90.